The van der Waals surface area contributed by atoms with Gasteiger partial charge < -0.3 is 14.6 Å². The monoisotopic (exact) mass is 412 g/mol. The lowest BCUT2D eigenvalue weighted by atomic mass is 10.2. The molecule has 2 aromatic carbocycles. The first-order valence-electron chi connectivity index (χ1n) is 6.76. The molecule has 1 amide bonds. The van der Waals surface area contributed by atoms with E-state index in [4.69, 9.17) is 21.1 Å². The summed E-state index contributed by atoms with van der Waals surface area (Å²) in [6.45, 7) is -0.216. The van der Waals surface area contributed by atoms with Gasteiger partial charge in [0.15, 0.2) is 6.61 Å². The van der Waals surface area contributed by atoms with E-state index in [1.165, 1.54) is 19.4 Å². The number of nitrogens with zero attached hydrogens (tertiary/aromatic N) is 1. The van der Waals surface area contributed by atoms with Crippen LogP contribution in [0.25, 0.3) is 0 Å². The van der Waals surface area contributed by atoms with Crippen LogP contribution < -0.4 is 14.9 Å². The van der Waals surface area contributed by atoms with Crippen LogP contribution in [0.1, 0.15) is 5.56 Å². The molecule has 0 bridgehead atoms. The molecule has 0 saturated heterocycles. The van der Waals surface area contributed by atoms with Gasteiger partial charge in [-0.15, -0.1) is 0 Å². The molecule has 0 atom stereocenters. The van der Waals surface area contributed by atoms with Crippen molar-refractivity contribution in [3.63, 3.8) is 0 Å². The zero-order chi connectivity index (χ0) is 17.5. The van der Waals surface area contributed by atoms with Gasteiger partial charge in [-0.25, -0.2) is 5.43 Å². The van der Waals surface area contributed by atoms with Crippen LogP contribution in [0.15, 0.2) is 46.0 Å². The molecule has 8 heteroatoms. The van der Waals surface area contributed by atoms with Crippen molar-refractivity contribution in [1.82, 2.24) is 5.43 Å². The van der Waals surface area contributed by atoms with Gasteiger partial charge in [-0.2, -0.15) is 5.10 Å². The second kappa shape index (κ2) is 8.56. The lowest BCUT2D eigenvalue weighted by molar-refractivity contribution is -0.123. The first-order valence-corrected chi connectivity index (χ1v) is 7.93. The predicted octanol–water partition coefficient (Wildman–Crippen LogP) is 3.35. The van der Waals surface area contributed by atoms with E-state index in [0.717, 1.165) is 0 Å². The molecule has 24 heavy (non-hydrogen) atoms. The Bertz CT molecular complexity index is 768. The van der Waals surface area contributed by atoms with Crippen LogP contribution in [0.5, 0.6) is 17.2 Å². The van der Waals surface area contributed by atoms with Crippen molar-refractivity contribution in [3.8, 4) is 17.2 Å². The van der Waals surface area contributed by atoms with E-state index < -0.39 is 5.91 Å². The Morgan fingerprint density at radius 2 is 2.17 bits per heavy atom. The zero-order valence-electron chi connectivity index (χ0n) is 12.6. The smallest absolute Gasteiger partial charge is 0.277 e. The Balaban J connectivity index is 1.86. The van der Waals surface area contributed by atoms with Crippen molar-refractivity contribution in [2.75, 3.05) is 13.7 Å². The third-order valence-electron chi connectivity index (χ3n) is 2.88. The van der Waals surface area contributed by atoms with E-state index in [1.54, 1.807) is 30.3 Å². The van der Waals surface area contributed by atoms with Gasteiger partial charge in [0.2, 0.25) is 0 Å². The fourth-order valence-electron chi connectivity index (χ4n) is 1.70. The standard InChI is InChI=1S/C16H14BrClN2O4/c1-23-12-4-2-10(14(21)7-12)8-19-20-16(22)9-24-15-5-3-11(18)6-13(15)17/h2-8,21H,9H2,1H3,(H,20,22). The summed E-state index contributed by atoms with van der Waals surface area (Å²) in [5, 5.41) is 14.1. The molecular weight excluding hydrogens is 400 g/mol. The Morgan fingerprint density at radius 3 is 2.83 bits per heavy atom. The Labute approximate surface area is 152 Å². The molecule has 0 unspecified atom stereocenters. The van der Waals surface area contributed by atoms with Crippen LogP contribution in [0.4, 0.5) is 0 Å². The Hall–Kier alpha value is -2.25. The number of carbonyl (C=O) groups excluding carboxylic acids is 1. The topological polar surface area (TPSA) is 80.2 Å². The maximum atomic E-state index is 11.7. The van der Waals surface area contributed by atoms with Crippen LogP contribution in [0.2, 0.25) is 5.02 Å². The van der Waals surface area contributed by atoms with Gasteiger partial charge in [0.1, 0.15) is 17.2 Å². The summed E-state index contributed by atoms with van der Waals surface area (Å²) in [5.74, 6) is 0.566. The molecule has 0 aliphatic heterocycles. The average Bonchev–Trinajstić information content (AvgIpc) is 2.55. The molecule has 0 spiro atoms. The third kappa shape index (κ3) is 5.14. The molecule has 0 fully saturated rings. The van der Waals surface area contributed by atoms with E-state index in [2.05, 4.69) is 26.5 Å². The van der Waals surface area contributed by atoms with Gasteiger partial charge in [-0.05, 0) is 46.3 Å². The fourth-order valence-corrected chi connectivity index (χ4v) is 2.50. The summed E-state index contributed by atoms with van der Waals surface area (Å²) < 4.78 is 11.0. The molecule has 126 valence electrons. The molecule has 6 nitrogen and oxygen atoms in total. The molecule has 0 saturated carbocycles. The average molecular weight is 414 g/mol. The lowest BCUT2D eigenvalue weighted by Crippen LogP contribution is -2.24. The molecule has 2 N–H and O–H groups in total. The number of carbonyl (C=O) groups is 1. The molecule has 2 aromatic rings. The molecule has 2 rings (SSSR count). The highest BCUT2D eigenvalue weighted by Crippen LogP contribution is 2.27. The summed E-state index contributed by atoms with van der Waals surface area (Å²) in [6, 6.07) is 9.71. The van der Waals surface area contributed by atoms with Crippen LogP contribution in [0.3, 0.4) is 0 Å². The number of benzene rings is 2. The van der Waals surface area contributed by atoms with Crippen molar-refractivity contribution in [3.05, 3.63) is 51.5 Å². The second-order valence-electron chi connectivity index (χ2n) is 4.58. The maximum absolute atomic E-state index is 11.7. The summed E-state index contributed by atoms with van der Waals surface area (Å²) in [6.07, 6.45) is 1.32. The van der Waals surface area contributed by atoms with Crippen molar-refractivity contribution in [1.29, 1.82) is 0 Å². The highest BCUT2D eigenvalue weighted by Gasteiger charge is 2.06. The number of amides is 1. The minimum atomic E-state index is -0.443. The van der Waals surface area contributed by atoms with E-state index in [0.29, 0.717) is 26.6 Å². The van der Waals surface area contributed by atoms with Gasteiger partial charge in [-0.3, -0.25) is 4.79 Å². The summed E-state index contributed by atoms with van der Waals surface area (Å²) in [4.78, 5) is 11.7. The number of hydrogen-bond donors (Lipinski definition) is 2. The highest BCUT2D eigenvalue weighted by molar-refractivity contribution is 9.10. The second-order valence-corrected chi connectivity index (χ2v) is 5.87. The van der Waals surface area contributed by atoms with Crippen LogP contribution >= 0.6 is 27.5 Å². The van der Waals surface area contributed by atoms with Crippen molar-refractivity contribution in [2.45, 2.75) is 0 Å². The SMILES string of the molecule is COc1ccc(C=NNC(=O)COc2ccc(Cl)cc2Br)c(O)c1. The van der Waals surface area contributed by atoms with Crippen LogP contribution in [0, 0.1) is 0 Å². The van der Waals surface area contributed by atoms with Crippen molar-refractivity contribution in [2.24, 2.45) is 5.10 Å². The third-order valence-corrected chi connectivity index (χ3v) is 3.74. The number of ether oxygens (including phenoxy) is 2. The van der Waals surface area contributed by atoms with E-state index in [9.17, 15) is 9.90 Å². The number of hydrazone groups is 1. The minimum Gasteiger partial charge on any atom is -0.507 e. The number of phenolic OH excluding ortho intramolecular Hbond substituents is 1. The van der Waals surface area contributed by atoms with Crippen LogP contribution in [-0.4, -0.2) is 30.9 Å². The zero-order valence-corrected chi connectivity index (χ0v) is 15.0. The van der Waals surface area contributed by atoms with Crippen LogP contribution in [-0.2, 0) is 4.79 Å². The molecule has 0 heterocycles. The molecule has 0 radical (unpaired) electrons. The first-order chi connectivity index (χ1) is 11.5. The molecule has 0 aliphatic carbocycles. The Morgan fingerprint density at radius 1 is 1.38 bits per heavy atom. The number of hydrogen-bond acceptors (Lipinski definition) is 5. The predicted molar refractivity (Wildman–Crippen MR) is 95.0 cm³/mol. The highest BCUT2D eigenvalue weighted by atomic mass is 79.9. The molecule has 0 aromatic heterocycles. The fraction of sp³-hybridized carbons (Fsp3) is 0.125. The maximum Gasteiger partial charge on any atom is 0.277 e. The number of halogens is 2. The number of phenols is 1. The summed E-state index contributed by atoms with van der Waals surface area (Å²) >= 11 is 9.12. The molecular formula is C16H14BrClN2O4. The van der Waals surface area contributed by atoms with E-state index in [1.807, 2.05) is 0 Å². The number of methoxy groups -OCH3 is 1. The Kier molecular flexibility index (Phi) is 6.45. The summed E-state index contributed by atoms with van der Waals surface area (Å²) in [7, 11) is 1.50. The number of aromatic hydroxyl groups is 1. The largest absolute Gasteiger partial charge is 0.507 e. The van der Waals surface area contributed by atoms with Gasteiger partial charge >= 0.3 is 0 Å². The van der Waals surface area contributed by atoms with E-state index >= 15 is 0 Å². The normalized spacial score (nSPS) is 10.6. The lowest BCUT2D eigenvalue weighted by Gasteiger charge is -2.07. The quantitative estimate of drug-likeness (QED) is 0.562. The minimum absolute atomic E-state index is 0.00584. The molecule has 0 aliphatic rings. The number of nitrogens with one attached hydrogen (secondary N) is 1. The van der Waals surface area contributed by atoms with Gasteiger partial charge in [0.05, 0.1) is 17.8 Å². The first kappa shape index (κ1) is 18.1. The van der Waals surface area contributed by atoms with Crippen molar-refractivity contribution < 1.29 is 19.4 Å². The van der Waals surface area contributed by atoms with Gasteiger partial charge in [0.25, 0.3) is 5.91 Å². The van der Waals surface area contributed by atoms with Gasteiger partial charge in [0, 0.05) is 16.7 Å². The van der Waals surface area contributed by atoms with E-state index in [-0.39, 0.29) is 12.4 Å². The summed E-state index contributed by atoms with van der Waals surface area (Å²) in [5.41, 5.74) is 2.75. The number of rotatable bonds is 6. The van der Waals surface area contributed by atoms with Gasteiger partial charge in [-0.1, -0.05) is 11.6 Å². The van der Waals surface area contributed by atoms with Crippen molar-refractivity contribution >= 4 is 39.7 Å².